The van der Waals surface area contributed by atoms with E-state index in [1.165, 1.54) is 5.56 Å². The zero-order chi connectivity index (χ0) is 18.8. The molecule has 1 aliphatic rings. The van der Waals surface area contributed by atoms with Gasteiger partial charge in [0, 0.05) is 38.8 Å². The van der Waals surface area contributed by atoms with E-state index in [-0.39, 0.29) is 12.1 Å². The van der Waals surface area contributed by atoms with Crippen LogP contribution in [0.25, 0.3) is 0 Å². The van der Waals surface area contributed by atoms with Crippen LogP contribution in [0, 0.1) is 0 Å². The Hall–Kier alpha value is -1.92. The predicted octanol–water partition coefficient (Wildman–Crippen LogP) is 1.70. The van der Waals surface area contributed by atoms with Crippen LogP contribution in [0.5, 0.6) is 0 Å². The third-order valence-corrected chi connectivity index (χ3v) is 4.44. The molecule has 0 unspecified atom stereocenters. The maximum absolute atomic E-state index is 12.0. The van der Waals surface area contributed by atoms with Gasteiger partial charge in [0.05, 0.1) is 6.10 Å². The molecule has 6 heteroatoms. The summed E-state index contributed by atoms with van der Waals surface area (Å²) in [6.07, 6.45) is 2.62. The highest BCUT2D eigenvalue weighted by Crippen LogP contribution is 2.13. The van der Waals surface area contributed by atoms with Crippen LogP contribution < -0.4 is 10.6 Å². The van der Waals surface area contributed by atoms with Gasteiger partial charge in [-0.05, 0) is 38.7 Å². The molecule has 0 saturated carbocycles. The minimum absolute atomic E-state index is 0.0737. The number of nitrogens with one attached hydrogen (secondary N) is 2. The number of amides is 2. The Labute approximate surface area is 156 Å². The second-order valence-corrected chi connectivity index (χ2v) is 7.04. The van der Waals surface area contributed by atoms with E-state index < -0.39 is 11.8 Å². The predicted molar refractivity (Wildman–Crippen MR) is 102 cm³/mol. The van der Waals surface area contributed by atoms with Crippen LogP contribution in [0.3, 0.4) is 0 Å². The molecule has 2 amide bonds. The van der Waals surface area contributed by atoms with E-state index >= 15 is 0 Å². The molecule has 1 aromatic carbocycles. The SMILES string of the molecule is CC(C)OCCCNC(=O)C(=O)NC1CCN(Cc2ccccc2)CC1. The molecule has 0 aliphatic carbocycles. The van der Waals surface area contributed by atoms with Gasteiger partial charge in [-0.25, -0.2) is 0 Å². The zero-order valence-corrected chi connectivity index (χ0v) is 15.9. The van der Waals surface area contributed by atoms with E-state index in [9.17, 15) is 9.59 Å². The topological polar surface area (TPSA) is 70.7 Å². The summed E-state index contributed by atoms with van der Waals surface area (Å²) >= 11 is 0. The maximum atomic E-state index is 12.0. The van der Waals surface area contributed by atoms with Gasteiger partial charge in [-0.3, -0.25) is 14.5 Å². The van der Waals surface area contributed by atoms with E-state index in [0.29, 0.717) is 19.6 Å². The highest BCUT2D eigenvalue weighted by atomic mass is 16.5. The lowest BCUT2D eigenvalue weighted by Gasteiger charge is -2.32. The normalized spacial score (nSPS) is 15.8. The van der Waals surface area contributed by atoms with Gasteiger partial charge < -0.3 is 15.4 Å². The minimum Gasteiger partial charge on any atom is -0.379 e. The van der Waals surface area contributed by atoms with E-state index in [0.717, 1.165) is 32.5 Å². The Bertz CT molecular complexity index is 555. The Morgan fingerprint density at radius 2 is 1.85 bits per heavy atom. The van der Waals surface area contributed by atoms with Gasteiger partial charge >= 0.3 is 11.8 Å². The van der Waals surface area contributed by atoms with Crippen LogP contribution in [0.4, 0.5) is 0 Å². The van der Waals surface area contributed by atoms with Crippen LogP contribution >= 0.6 is 0 Å². The Kier molecular flexibility index (Phi) is 8.58. The van der Waals surface area contributed by atoms with Crippen molar-refractivity contribution in [1.29, 1.82) is 0 Å². The summed E-state index contributed by atoms with van der Waals surface area (Å²) < 4.78 is 5.40. The van der Waals surface area contributed by atoms with E-state index in [2.05, 4.69) is 39.8 Å². The number of piperidine rings is 1. The molecule has 1 fully saturated rings. The van der Waals surface area contributed by atoms with Gasteiger partial charge in [0.25, 0.3) is 0 Å². The van der Waals surface area contributed by atoms with Crippen LogP contribution in [-0.4, -0.2) is 55.1 Å². The fraction of sp³-hybridized carbons (Fsp3) is 0.600. The number of ether oxygens (including phenoxy) is 1. The number of hydrogen-bond donors (Lipinski definition) is 2. The molecule has 0 bridgehead atoms. The Balaban J connectivity index is 1.60. The summed E-state index contributed by atoms with van der Waals surface area (Å²) in [7, 11) is 0. The number of rotatable bonds is 8. The number of hydrogen-bond acceptors (Lipinski definition) is 4. The summed E-state index contributed by atoms with van der Waals surface area (Å²) in [6, 6.07) is 10.5. The quantitative estimate of drug-likeness (QED) is 0.546. The lowest BCUT2D eigenvalue weighted by Crippen LogP contribution is -2.49. The fourth-order valence-electron chi connectivity index (χ4n) is 3.00. The molecule has 0 aromatic heterocycles. The monoisotopic (exact) mass is 361 g/mol. The molecule has 2 rings (SSSR count). The average Bonchev–Trinajstić information content (AvgIpc) is 2.63. The highest BCUT2D eigenvalue weighted by Gasteiger charge is 2.23. The average molecular weight is 361 g/mol. The van der Waals surface area contributed by atoms with Gasteiger partial charge in [0.2, 0.25) is 0 Å². The molecule has 6 nitrogen and oxygen atoms in total. The summed E-state index contributed by atoms with van der Waals surface area (Å²) in [6.45, 7) is 7.75. The van der Waals surface area contributed by atoms with Crippen molar-refractivity contribution in [2.45, 2.75) is 51.8 Å². The molecule has 0 atom stereocenters. The smallest absolute Gasteiger partial charge is 0.309 e. The molecule has 1 heterocycles. The van der Waals surface area contributed by atoms with Crippen molar-refractivity contribution in [2.24, 2.45) is 0 Å². The van der Waals surface area contributed by atoms with Crippen molar-refractivity contribution in [1.82, 2.24) is 15.5 Å². The van der Waals surface area contributed by atoms with Crippen molar-refractivity contribution in [3.05, 3.63) is 35.9 Å². The van der Waals surface area contributed by atoms with Crippen molar-refractivity contribution in [3.63, 3.8) is 0 Å². The molecule has 26 heavy (non-hydrogen) atoms. The minimum atomic E-state index is -0.554. The third kappa shape index (κ3) is 7.54. The number of nitrogens with zero attached hydrogens (tertiary/aromatic N) is 1. The molecule has 1 aromatic rings. The van der Waals surface area contributed by atoms with Crippen LogP contribution in [-0.2, 0) is 20.9 Å². The van der Waals surface area contributed by atoms with Crippen molar-refractivity contribution in [3.8, 4) is 0 Å². The van der Waals surface area contributed by atoms with Gasteiger partial charge in [0.1, 0.15) is 0 Å². The number of carbonyl (C=O) groups is 2. The third-order valence-electron chi connectivity index (χ3n) is 4.44. The first kappa shape index (κ1) is 20.4. The summed E-state index contributed by atoms with van der Waals surface area (Å²) in [5.74, 6) is -1.09. The lowest BCUT2D eigenvalue weighted by molar-refractivity contribution is -0.139. The maximum Gasteiger partial charge on any atom is 0.309 e. The van der Waals surface area contributed by atoms with Crippen molar-refractivity contribution < 1.29 is 14.3 Å². The number of benzene rings is 1. The Morgan fingerprint density at radius 3 is 2.50 bits per heavy atom. The highest BCUT2D eigenvalue weighted by molar-refractivity contribution is 6.35. The molecule has 0 radical (unpaired) electrons. The molecule has 1 aliphatic heterocycles. The molecule has 0 spiro atoms. The molecule has 144 valence electrons. The van der Waals surface area contributed by atoms with Gasteiger partial charge in [0.15, 0.2) is 0 Å². The number of likely N-dealkylation sites (tertiary alicyclic amines) is 1. The fourth-order valence-corrected chi connectivity index (χ4v) is 3.00. The second-order valence-electron chi connectivity index (χ2n) is 7.04. The standard InChI is InChI=1S/C20H31N3O3/c1-16(2)26-14-6-11-21-19(24)20(25)22-18-9-12-23(13-10-18)15-17-7-4-3-5-8-17/h3-5,7-8,16,18H,6,9-15H2,1-2H3,(H,21,24)(H,22,25). The first-order valence-corrected chi connectivity index (χ1v) is 9.51. The van der Waals surface area contributed by atoms with Gasteiger partial charge in [-0.1, -0.05) is 30.3 Å². The second kappa shape index (κ2) is 10.9. The lowest BCUT2D eigenvalue weighted by atomic mass is 10.0. The summed E-state index contributed by atoms with van der Waals surface area (Å²) in [4.78, 5) is 26.2. The van der Waals surface area contributed by atoms with E-state index in [1.807, 2.05) is 19.9 Å². The van der Waals surface area contributed by atoms with Crippen LogP contribution in [0.2, 0.25) is 0 Å². The summed E-state index contributed by atoms with van der Waals surface area (Å²) in [5.41, 5.74) is 1.30. The first-order valence-electron chi connectivity index (χ1n) is 9.51. The molecule has 2 N–H and O–H groups in total. The van der Waals surface area contributed by atoms with Crippen molar-refractivity contribution in [2.75, 3.05) is 26.2 Å². The van der Waals surface area contributed by atoms with Gasteiger partial charge in [-0.15, -0.1) is 0 Å². The van der Waals surface area contributed by atoms with E-state index in [4.69, 9.17) is 4.74 Å². The first-order chi connectivity index (χ1) is 12.5. The van der Waals surface area contributed by atoms with Crippen LogP contribution in [0.1, 0.15) is 38.7 Å². The van der Waals surface area contributed by atoms with Gasteiger partial charge in [-0.2, -0.15) is 0 Å². The largest absolute Gasteiger partial charge is 0.379 e. The Morgan fingerprint density at radius 1 is 1.15 bits per heavy atom. The van der Waals surface area contributed by atoms with E-state index in [1.54, 1.807) is 0 Å². The summed E-state index contributed by atoms with van der Waals surface area (Å²) in [5, 5.41) is 5.50. The number of carbonyl (C=O) groups excluding carboxylic acids is 2. The van der Waals surface area contributed by atoms with Crippen molar-refractivity contribution >= 4 is 11.8 Å². The molecular formula is C20H31N3O3. The van der Waals surface area contributed by atoms with Crippen LogP contribution in [0.15, 0.2) is 30.3 Å². The molecular weight excluding hydrogens is 330 g/mol. The zero-order valence-electron chi connectivity index (χ0n) is 15.9. The molecule has 1 saturated heterocycles.